The Morgan fingerprint density at radius 2 is 1.71 bits per heavy atom. The first kappa shape index (κ1) is 21.7. The van der Waals surface area contributed by atoms with Gasteiger partial charge in [-0.3, -0.25) is 9.59 Å². The molecule has 1 atom stereocenters. The second-order valence-corrected chi connectivity index (χ2v) is 7.85. The van der Waals surface area contributed by atoms with Crippen LogP contribution in [0, 0.1) is 0 Å². The number of esters is 1. The third-order valence-electron chi connectivity index (χ3n) is 4.24. The van der Waals surface area contributed by atoms with Gasteiger partial charge in [-0.2, -0.15) is 0 Å². The number of alkyl carbamates (subject to hydrolysis) is 1. The first-order chi connectivity index (χ1) is 13.3. The average Bonchev–Trinajstić information content (AvgIpc) is 2.65. The van der Waals surface area contributed by atoms with Crippen molar-refractivity contribution in [1.82, 2.24) is 10.2 Å². The van der Waals surface area contributed by atoms with Gasteiger partial charge in [-0.1, -0.05) is 30.3 Å². The van der Waals surface area contributed by atoms with E-state index in [4.69, 9.17) is 9.47 Å². The van der Waals surface area contributed by atoms with Crippen molar-refractivity contribution in [1.29, 1.82) is 0 Å². The van der Waals surface area contributed by atoms with Gasteiger partial charge in [0.15, 0.2) is 0 Å². The molecule has 0 radical (unpaired) electrons. The quantitative estimate of drug-likeness (QED) is 0.754. The van der Waals surface area contributed by atoms with Gasteiger partial charge in [-0.25, -0.2) is 4.79 Å². The fourth-order valence-electron chi connectivity index (χ4n) is 2.94. The summed E-state index contributed by atoms with van der Waals surface area (Å²) in [4.78, 5) is 38.6. The zero-order valence-corrected chi connectivity index (χ0v) is 16.9. The minimum absolute atomic E-state index is 0.0458. The van der Waals surface area contributed by atoms with E-state index in [9.17, 15) is 14.4 Å². The number of hydrogen-bond acceptors (Lipinski definition) is 5. The van der Waals surface area contributed by atoms with E-state index < -0.39 is 23.8 Å². The van der Waals surface area contributed by atoms with Gasteiger partial charge in [0.1, 0.15) is 5.60 Å². The molecule has 1 fully saturated rings. The number of carbonyl (C=O) groups excluding carboxylic acids is 3. The Balaban J connectivity index is 1.93. The predicted molar refractivity (Wildman–Crippen MR) is 105 cm³/mol. The third-order valence-corrected chi connectivity index (χ3v) is 4.24. The van der Waals surface area contributed by atoms with Crippen LogP contribution in [0.3, 0.4) is 0 Å². The fourth-order valence-corrected chi connectivity index (χ4v) is 2.94. The molecule has 0 saturated carbocycles. The van der Waals surface area contributed by atoms with Crippen molar-refractivity contribution < 1.29 is 23.9 Å². The molecule has 1 aliphatic rings. The molecule has 1 heterocycles. The van der Waals surface area contributed by atoms with E-state index in [2.05, 4.69) is 5.32 Å². The fraction of sp³-hybridized carbons (Fsp3) is 0.571. The van der Waals surface area contributed by atoms with Crippen molar-refractivity contribution >= 4 is 18.0 Å². The second kappa shape index (κ2) is 10.1. The van der Waals surface area contributed by atoms with Crippen LogP contribution in [0.4, 0.5) is 4.79 Å². The summed E-state index contributed by atoms with van der Waals surface area (Å²) < 4.78 is 10.6. The van der Waals surface area contributed by atoms with E-state index in [-0.39, 0.29) is 18.9 Å². The van der Waals surface area contributed by atoms with Crippen LogP contribution in [-0.2, 0) is 19.1 Å². The summed E-state index contributed by atoms with van der Waals surface area (Å²) in [6.07, 6.45) is 1.42. The monoisotopic (exact) mass is 390 g/mol. The molecule has 154 valence electrons. The Kier molecular flexibility index (Phi) is 7.84. The highest BCUT2D eigenvalue weighted by atomic mass is 16.6. The summed E-state index contributed by atoms with van der Waals surface area (Å²) in [5.41, 5.74) is 0.0376. The number of ether oxygens (including phenoxy) is 2. The standard InChI is InChI=1S/C21H30N2O5/c1-21(2,3)28-20(26)22-13-12-17(24)27-18(16-10-6-4-7-11-16)19(25)23-14-8-5-9-15-23/h4,6-7,10-11,18H,5,8-9,12-15H2,1-3H3,(H,22,26)/t18-/m0/s1. The number of amides is 2. The summed E-state index contributed by atoms with van der Waals surface area (Å²) in [5, 5.41) is 2.52. The minimum atomic E-state index is -0.965. The Labute approximate surface area is 166 Å². The third kappa shape index (κ3) is 7.21. The summed E-state index contributed by atoms with van der Waals surface area (Å²) in [6, 6.07) is 9.02. The molecule has 0 bridgehead atoms. The largest absolute Gasteiger partial charge is 0.447 e. The van der Waals surface area contributed by atoms with Crippen LogP contribution < -0.4 is 5.32 Å². The van der Waals surface area contributed by atoms with Crippen molar-refractivity contribution in [2.24, 2.45) is 0 Å². The average molecular weight is 390 g/mol. The predicted octanol–water partition coefficient (Wildman–Crippen LogP) is 3.20. The minimum Gasteiger partial charge on any atom is -0.447 e. The topological polar surface area (TPSA) is 84.9 Å². The van der Waals surface area contributed by atoms with E-state index in [1.165, 1.54) is 0 Å². The number of carbonyl (C=O) groups is 3. The van der Waals surface area contributed by atoms with Gasteiger partial charge < -0.3 is 19.7 Å². The number of piperidine rings is 1. The summed E-state index contributed by atoms with van der Waals surface area (Å²) in [6.45, 7) is 6.72. The maximum atomic E-state index is 12.9. The van der Waals surface area contributed by atoms with Crippen LogP contribution in [0.2, 0.25) is 0 Å². The van der Waals surface area contributed by atoms with Crippen LogP contribution in [0.1, 0.15) is 58.1 Å². The van der Waals surface area contributed by atoms with Crippen molar-refractivity contribution in [3.63, 3.8) is 0 Å². The molecule has 1 N–H and O–H groups in total. The molecular formula is C21H30N2O5. The lowest BCUT2D eigenvalue weighted by Crippen LogP contribution is -2.40. The molecule has 7 nitrogen and oxygen atoms in total. The Morgan fingerprint density at radius 1 is 1.07 bits per heavy atom. The maximum absolute atomic E-state index is 12.9. The van der Waals surface area contributed by atoms with Gasteiger partial charge in [-0.15, -0.1) is 0 Å². The van der Waals surface area contributed by atoms with Gasteiger partial charge in [0.25, 0.3) is 5.91 Å². The van der Waals surface area contributed by atoms with Gasteiger partial charge in [0.2, 0.25) is 6.10 Å². The summed E-state index contributed by atoms with van der Waals surface area (Å²) in [7, 11) is 0. The highest BCUT2D eigenvalue weighted by molar-refractivity contribution is 5.85. The molecule has 0 aromatic heterocycles. The Bertz CT molecular complexity index is 663. The molecule has 0 aliphatic carbocycles. The number of nitrogens with one attached hydrogen (secondary N) is 1. The van der Waals surface area contributed by atoms with Crippen LogP contribution in [0.5, 0.6) is 0 Å². The van der Waals surface area contributed by atoms with Crippen molar-refractivity contribution in [2.45, 2.75) is 58.2 Å². The highest BCUT2D eigenvalue weighted by Gasteiger charge is 2.30. The molecule has 7 heteroatoms. The number of rotatable bonds is 6. The van der Waals surface area contributed by atoms with Crippen LogP contribution in [-0.4, -0.2) is 48.1 Å². The van der Waals surface area contributed by atoms with E-state index >= 15 is 0 Å². The Hall–Kier alpha value is -2.57. The lowest BCUT2D eigenvalue weighted by Gasteiger charge is -2.30. The highest BCUT2D eigenvalue weighted by Crippen LogP contribution is 2.23. The van der Waals surface area contributed by atoms with E-state index in [0.29, 0.717) is 18.7 Å². The SMILES string of the molecule is CC(C)(C)OC(=O)NCCC(=O)O[C@H](C(=O)N1CCCCC1)c1ccccc1. The number of likely N-dealkylation sites (tertiary alicyclic amines) is 1. The number of hydrogen-bond donors (Lipinski definition) is 1. The molecule has 2 amide bonds. The first-order valence-electron chi connectivity index (χ1n) is 9.76. The zero-order valence-electron chi connectivity index (χ0n) is 16.9. The summed E-state index contributed by atoms with van der Waals surface area (Å²) >= 11 is 0. The zero-order chi connectivity index (χ0) is 20.6. The van der Waals surface area contributed by atoms with Crippen molar-refractivity contribution in [2.75, 3.05) is 19.6 Å². The summed E-state index contributed by atoms with van der Waals surface area (Å²) in [5.74, 6) is -0.741. The van der Waals surface area contributed by atoms with Gasteiger partial charge in [0, 0.05) is 25.2 Å². The van der Waals surface area contributed by atoms with Crippen molar-refractivity contribution in [3.05, 3.63) is 35.9 Å². The normalized spacial score (nSPS) is 15.5. The van der Waals surface area contributed by atoms with E-state index in [1.807, 2.05) is 18.2 Å². The van der Waals surface area contributed by atoms with E-state index in [0.717, 1.165) is 19.3 Å². The van der Waals surface area contributed by atoms with Crippen molar-refractivity contribution in [3.8, 4) is 0 Å². The second-order valence-electron chi connectivity index (χ2n) is 7.85. The molecule has 0 unspecified atom stereocenters. The number of nitrogens with zero attached hydrogens (tertiary/aromatic N) is 1. The maximum Gasteiger partial charge on any atom is 0.407 e. The molecular weight excluding hydrogens is 360 g/mol. The smallest absolute Gasteiger partial charge is 0.407 e. The Morgan fingerprint density at radius 3 is 2.32 bits per heavy atom. The molecule has 1 aromatic rings. The van der Waals surface area contributed by atoms with Gasteiger partial charge >= 0.3 is 12.1 Å². The molecule has 28 heavy (non-hydrogen) atoms. The van der Waals surface area contributed by atoms with Gasteiger partial charge in [-0.05, 0) is 40.0 Å². The van der Waals surface area contributed by atoms with Crippen LogP contribution >= 0.6 is 0 Å². The molecule has 1 aromatic carbocycles. The molecule has 2 rings (SSSR count). The van der Waals surface area contributed by atoms with E-state index in [1.54, 1.807) is 37.8 Å². The molecule has 0 spiro atoms. The molecule has 1 saturated heterocycles. The first-order valence-corrected chi connectivity index (χ1v) is 9.76. The lowest BCUT2D eigenvalue weighted by atomic mass is 10.1. The number of benzene rings is 1. The van der Waals surface area contributed by atoms with Crippen LogP contribution in [0.25, 0.3) is 0 Å². The lowest BCUT2D eigenvalue weighted by molar-refractivity contribution is -0.161. The van der Waals surface area contributed by atoms with Gasteiger partial charge in [0.05, 0.1) is 6.42 Å². The van der Waals surface area contributed by atoms with Crippen LogP contribution in [0.15, 0.2) is 30.3 Å². The molecule has 1 aliphatic heterocycles.